The Hall–Kier alpha value is -2.30. The van der Waals surface area contributed by atoms with E-state index in [2.05, 4.69) is 0 Å². The van der Waals surface area contributed by atoms with E-state index in [1.807, 2.05) is 0 Å². The number of rotatable bonds is 2. The summed E-state index contributed by atoms with van der Waals surface area (Å²) < 4.78 is 9.87. The normalized spacial score (nSPS) is 10.5. The maximum Gasteiger partial charge on any atom is 0.343 e. The van der Waals surface area contributed by atoms with Gasteiger partial charge in [-0.1, -0.05) is 0 Å². The van der Waals surface area contributed by atoms with E-state index in [9.17, 15) is 9.59 Å². The van der Waals surface area contributed by atoms with Crippen LogP contribution >= 0.6 is 0 Å². The zero-order chi connectivity index (χ0) is 12.6. The molecule has 0 atom stereocenters. The summed E-state index contributed by atoms with van der Waals surface area (Å²) in [6.07, 6.45) is 0. The van der Waals surface area contributed by atoms with Gasteiger partial charge in [-0.25, -0.2) is 9.59 Å². The van der Waals surface area contributed by atoms with Crippen LogP contribution in [0.25, 0.3) is 10.8 Å². The topological polar surface area (TPSA) is 76.7 Å². The van der Waals surface area contributed by atoms with E-state index in [0.29, 0.717) is 11.1 Å². The minimum Gasteiger partial charge on any atom is -0.497 e. The number of hydrogen-bond donors (Lipinski definition) is 1. The number of aryl methyl sites for hydroxylation is 1. The lowest BCUT2D eigenvalue weighted by Gasteiger charge is -2.06. The Bertz CT molecular complexity index is 654. The van der Waals surface area contributed by atoms with Crippen LogP contribution in [-0.4, -0.2) is 18.2 Å². The number of ether oxygens (including phenoxy) is 1. The molecule has 17 heavy (non-hydrogen) atoms. The second-order valence-electron chi connectivity index (χ2n) is 3.54. The Kier molecular flexibility index (Phi) is 2.59. The van der Waals surface area contributed by atoms with Crippen molar-refractivity contribution >= 4 is 16.7 Å². The number of hydrogen-bond acceptors (Lipinski definition) is 4. The average Bonchev–Trinajstić information content (AvgIpc) is 2.28. The second kappa shape index (κ2) is 3.93. The van der Waals surface area contributed by atoms with Gasteiger partial charge < -0.3 is 14.3 Å². The van der Waals surface area contributed by atoms with Crippen LogP contribution in [0, 0.1) is 6.92 Å². The highest BCUT2D eigenvalue weighted by atomic mass is 16.5. The zero-order valence-electron chi connectivity index (χ0n) is 9.31. The second-order valence-corrected chi connectivity index (χ2v) is 3.54. The van der Waals surface area contributed by atoms with Crippen LogP contribution < -0.4 is 10.4 Å². The van der Waals surface area contributed by atoms with Gasteiger partial charge >= 0.3 is 11.6 Å². The summed E-state index contributed by atoms with van der Waals surface area (Å²) in [5.41, 5.74) is -0.566. The molecule has 0 aliphatic carbocycles. The largest absolute Gasteiger partial charge is 0.497 e. The van der Waals surface area contributed by atoms with E-state index in [-0.39, 0.29) is 16.7 Å². The predicted molar refractivity (Wildman–Crippen MR) is 60.7 cm³/mol. The number of carbonyl (C=O) groups is 1. The molecule has 2 aromatic rings. The minimum atomic E-state index is -1.12. The van der Waals surface area contributed by atoms with Crippen molar-refractivity contribution in [3.8, 4) is 5.75 Å². The fraction of sp³-hybridized carbons (Fsp3) is 0.167. The number of benzene rings is 1. The van der Waals surface area contributed by atoms with Crippen molar-refractivity contribution in [3.05, 3.63) is 39.9 Å². The molecule has 0 fully saturated rings. The SMILES string of the molecule is COc1ccc2c(C(=O)O)c(C)oc(=O)c2c1. The predicted octanol–water partition coefficient (Wildman–Crippen LogP) is 1.81. The van der Waals surface area contributed by atoms with E-state index in [0.717, 1.165) is 0 Å². The molecule has 0 aliphatic rings. The van der Waals surface area contributed by atoms with Crippen molar-refractivity contribution in [2.24, 2.45) is 0 Å². The van der Waals surface area contributed by atoms with Crippen molar-refractivity contribution in [1.29, 1.82) is 0 Å². The summed E-state index contributed by atoms with van der Waals surface area (Å²) in [7, 11) is 1.47. The molecule has 1 aromatic heterocycles. The van der Waals surface area contributed by atoms with Crippen LogP contribution in [0.4, 0.5) is 0 Å². The first-order valence-corrected chi connectivity index (χ1v) is 4.89. The molecule has 1 N–H and O–H groups in total. The van der Waals surface area contributed by atoms with Crippen LogP contribution in [0.1, 0.15) is 16.1 Å². The molecule has 2 rings (SSSR count). The van der Waals surface area contributed by atoms with Crippen molar-refractivity contribution in [1.82, 2.24) is 0 Å². The Morgan fingerprint density at radius 2 is 2.06 bits per heavy atom. The van der Waals surface area contributed by atoms with E-state index >= 15 is 0 Å². The quantitative estimate of drug-likeness (QED) is 0.857. The van der Waals surface area contributed by atoms with E-state index in [4.69, 9.17) is 14.3 Å². The number of fused-ring (bicyclic) bond motifs is 1. The van der Waals surface area contributed by atoms with Gasteiger partial charge in [0.1, 0.15) is 17.1 Å². The first-order chi connectivity index (χ1) is 8.04. The van der Waals surface area contributed by atoms with Gasteiger partial charge in [-0.15, -0.1) is 0 Å². The molecule has 0 bridgehead atoms. The fourth-order valence-corrected chi connectivity index (χ4v) is 1.74. The summed E-state index contributed by atoms with van der Waals surface area (Å²) in [5, 5.41) is 9.64. The molecule has 0 saturated carbocycles. The summed E-state index contributed by atoms with van der Waals surface area (Å²) in [6, 6.07) is 4.61. The first-order valence-electron chi connectivity index (χ1n) is 4.89. The van der Waals surface area contributed by atoms with E-state index in [1.54, 1.807) is 12.1 Å². The number of carboxylic acids is 1. The van der Waals surface area contributed by atoms with Gasteiger partial charge in [0, 0.05) is 5.39 Å². The first kappa shape index (κ1) is 11.2. The molecule has 5 nitrogen and oxygen atoms in total. The lowest BCUT2D eigenvalue weighted by molar-refractivity contribution is 0.0695. The van der Waals surface area contributed by atoms with Gasteiger partial charge in [0.15, 0.2) is 0 Å². The highest BCUT2D eigenvalue weighted by molar-refractivity contribution is 6.04. The standard InChI is InChI=1S/C12H10O5/c1-6-10(11(13)14)8-4-3-7(16-2)5-9(8)12(15)17-6/h3-5H,1-2H3,(H,13,14). The maximum atomic E-state index is 11.6. The van der Waals surface area contributed by atoms with Crippen molar-refractivity contribution < 1.29 is 19.1 Å². The van der Waals surface area contributed by atoms with Gasteiger partial charge in [0.05, 0.1) is 12.5 Å². The maximum absolute atomic E-state index is 11.6. The molecule has 0 spiro atoms. The number of carboxylic acid groups (broad SMARTS) is 1. The van der Waals surface area contributed by atoms with Gasteiger partial charge in [-0.2, -0.15) is 0 Å². The minimum absolute atomic E-state index is 0.00209. The monoisotopic (exact) mass is 234 g/mol. The molecule has 0 unspecified atom stereocenters. The molecule has 0 radical (unpaired) electrons. The van der Waals surface area contributed by atoms with Crippen molar-refractivity contribution in [2.45, 2.75) is 6.92 Å². The zero-order valence-corrected chi connectivity index (χ0v) is 9.31. The molecule has 5 heteroatoms. The van der Waals surface area contributed by atoms with Crippen LogP contribution in [0.5, 0.6) is 5.75 Å². The summed E-state index contributed by atoms with van der Waals surface area (Å²) in [6.45, 7) is 1.45. The molecule has 0 amide bonds. The molecular weight excluding hydrogens is 224 g/mol. The van der Waals surface area contributed by atoms with E-state index < -0.39 is 11.6 Å². The van der Waals surface area contributed by atoms with Crippen LogP contribution in [-0.2, 0) is 0 Å². The van der Waals surface area contributed by atoms with Crippen molar-refractivity contribution in [3.63, 3.8) is 0 Å². The molecule has 0 saturated heterocycles. The van der Waals surface area contributed by atoms with Crippen molar-refractivity contribution in [2.75, 3.05) is 7.11 Å². The smallest absolute Gasteiger partial charge is 0.343 e. The van der Waals surface area contributed by atoms with Crippen LogP contribution in [0.3, 0.4) is 0 Å². The van der Waals surface area contributed by atoms with Crippen LogP contribution in [0.15, 0.2) is 27.4 Å². The van der Waals surface area contributed by atoms with Gasteiger partial charge in [-0.05, 0) is 25.1 Å². The lowest BCUT2D eigenvalue weighted by atomic mass is 10.1. The Labute approximate surface area is 96.2 Å². The fourth-order valence-electron chi connectivity index (χ4n) is 1.74. The molecule has 0 aliphatic heterocycles. The molecule has 1 aromatic carbocycles. The summed E-state index contributed by atoms with van der Waals surface area (Å²) >= 11 is 0. The third-order valence-electron chi connectivity index (χ3n) is 2.53. The lowest BCUT2D eigenvalue weighted by Crippen LogP contribution is -2.09. The van der Waals surface area contributed by atoms with E-state index in [1.165, 1.54) is 20.1 Å². The number of methoxy groups -OCH3 is 1. The summed E-state index contributed by atoms with van der Waals surface area (Å²) in [4.78, 5) is 22.7. The Morgan fingerprint density at radius 3 is 2.65 bits per heavy atom. The Balaban J connectivity index is 2.93. The van der Waals surface area contributed by atoms with Crippen LogP contribution in [0.2, 0.25) is 0 Å². The number of aromatic carboxylic acids is 1. The van der Waals surface area contributed by atoms with Gasteiger partial charge in [0.2, 0.25) is 0 Å². The van der Waals surface area contributed by atoms with Gasteiger partial charge in [-0.3, -0.25) is 0 Å². The average molecular weight is 234 g/mol. The Morgan fingerprint density at radius 1 is 1.35 bits per heavy atom. The third-order valence-corrected chi connectivity index (χ3v) is 2.53. The van der Waals surface area contributed by atoms with Gasteiger partial charge in [0.25, 0.3) is 0 Å². The molecular formula is C12H10O5. The molecule has 1 heterocycles. The highest BCUT2D eigenvalue weighted by Crippen LogP contribution is 2.23. The summed E-state index contributed by atoms with van der Waals surface area (Å²) in [5.74, 6) is -0.549. The highest BCUT2D eigenvalue weighted by Gasteiger charge is 2.16. The molecule has 88 valence electrons. The third kappa shape index (κ3) is 1.75.